The standard InChI is InChI=1S/C16H15N5O3/c1-2-12(22-5-1)8-17-15-9-19-21-16(20-15)18-7-11-3-4-13-14(6-11)24-10-23-13/h1-6,9H,7-8,10H2,(H2,17,18,20,21). The van der Waals surface area contributed by atoms with Crippen molar-refractivity contribution in [1.82, 2.24) is 15.2 Å². The Balaban J connectivity index is 1.37. The van der Waals surface area contributed by atoms with Gasteiger partial charge in [-0.25, -0.2) is 0 Å². The Labute approximate surface area is 137 Å². The average molecular weight is 325 g/mol. The average Bonchev–Trinajstić information content (AvgIpc) is 3.29. The fraction of sp³-hybridized carbons (Fsp3) is 0.188. The highest BCUT2D eigenvalue weighted by Gasteiger charge is 2.13. The molecule has 1 aliphatic heterocycles. The molecule has 3 heterocycles. The minimum Gasteiger partial charge on any atom is -0.467 e. The van der Waals surface area contributed by atoms with E-state index >= 15 is 0 Å². The van der Waals surface area contributed by atoms with E-state index in [2.05, 4.69) is 25.8 Å². The normalized spacial score (nSPS) is 12.2. The lowest BCUT2D eigenvalue weighted by Gasteiger charge is -2.07. The van der Waals surface area contributed by atoms with E-state index in [4.69, 9.17) is 13.9 Å². The lowest BCUT2D eigenvalue weighted by molar-refractivity contribution is 0.174. The number of hydrogen-bond acceptors (Lipinski definition) is 8. The third kappa shape index (κ3) is 3.22. The first kappa shape index (κ1) is 14.3. The van der Waals surface area contributed by atoms with E-state index in [1.165, 1.54) is 0 Å². The molecule has 2 aromatic heterocycles. The Morgan fingerprint density at radius 3 is 2.92 bits per heavy atom. The van der Waals surface area contributed by atoms with Gasteiger partial charge >= 0.3 is 0 Å². The molecule has 2 N–H and O–H groups in total. The van der Waals surface area contributed by atoms with Crippen LogP contribution in [0.3, 0.4) is 0 Å². The summed E-state index contributed by atoms with van der Waals surface area (Å²) in [5.74, 6) is 3.40. The van der Waals surface area contributed by atoms with Gasteiger partial charge in [0.1, 0.15) is 5.76 Å². The molecular formula is C16H15N5O3. The van der Waals surface area contributed by atoms with Gasteiger partial charge < -0.3 is 24.5 Å². The van der Waals surface area contributed by atoms with E-state index in [1.54, 1.807) is 12.5 Å². The molecule has 0 saturated carbocycles. The maximum Gasteiger partial charge on any atom is 0.244 e. The molecule has 24 heavy (non-hydrogen) atoms. The Bertz CT molecular complexity index is 822. The minimum atomic E-state index is 0.266. The first-order valence-corrected chi connectivity index (χ1v) is 7.45. The van der Waals surface area contributed by atoms with Crippen molar-refractivity contribution in [2.24, 2.45) is 0 Å². The van der Waals surface area contributed by atoms with Crippen LogP contribution in [0, 0.1) is 0 Å². The van der Waals surface area contributed by atoms with Crippen molar-refractivity contribution >= 4 is 11.8 Å². The highest BCUT2D eigenvalue weighted by molar-refractivity contribution is 5.45. The van der Waals surface area contributed by atoms with E-state index in [1.807, 2.05) is 30.3 Å². The first-order valence-electron chi connectivity index (χ1n) is 7.45. The summed E-state index contributed by atoms with van der Waals surface area (Å²) < 4.78 is 15.9. The summed E-state index contributed by atoms with van der Waals surface area (Å²) in [5.41, 5.74) is 1.04. The van der Waals surface area contributed by atoms with E-state index in [-0.39, 0.29) is 6.79 Å². The van der Waals surface area contributed by atoms with Gasteiger partial charge in [-0.3, -0.25) is 0 Å². The van der Waals surface area contributed by atoms with Crippen LogP contribution in [0.5, 0.6) is 11.5 Å². The number of fused-ring (bicyclic) bond motifs is 1. The van der Waals surface area contributed by atoms with Crippen molar-refractivity contribution in [2.45, 2.75) is 13.1 Å². The van der Waals surface area contributed by atoms with Gasteiger partial charge in [-0.05, 0) is 29.8 Å². The quantitative estimate of drug-likeness (QED) is 0.713. The largest absolute Gasteiger partial charge is 0.467 e. The molecule has 0 fully saturated rings. The third-order valence-electron chi connectivity index (χ3n) is 3.47. The predicted octanol–water partition coefficient (Wildman–Crippen LogP) is 2.42. The Morgan fingerprint density at radius 2 is 2.00 bits per heavy atom. The molecule has 0 bridgehead atoms. The maximum atomic E-state index is 5.37. The summed E-state index contributed by atoms with van der Waals surface area (Å²) in [5, 5.41) is 14.2. The van der Waals surface area contributed by atoms with Crippen molar-refractivity contribution in [3.63, 3.8) is 0 Å². The lowest BCUT2D eigenvalue weighted by Crippen LogP contribution is -2.08. The van der Waals surface area contributed by atoms with Crippen molar-refractivity contribution in [1.29, 1.82) is 0 Å². The number of furan rings is 1. The second kappa shape index (κ2) is 6.45. The van der Waals surface area contributed by atoms with Crippen LogP contribution in [-0.4, -0.2) is 22.0 Å². The molecule has 0 spiro atoms. The van der Waals surface area contributed by atoms with Crippen LogP contribution in [0.4, 0.5) is 11.8 Å². The SMILES string of the molecule is c1coc(CNc2cnnc(NCc3ccc4c(c3)OCO4)n2)c1. The summed E-state index contributed by atoms with van der Waals surface area (Å²) in [7, 11) is 0. The van der Waals surface area contributed by atoms with Crippen LogP contribution in [0.25, 0.3) is 0 Å². The van der Waals surface area contributed by atoms with Crippen molar-refractivity contribution in [3.8, 4) is 11.5 Å². The molecule has 8 heteroatoms. The number of ether oxygens (including phenoxy) is 2. The molecule has 122 valence electrons. The third-order valence-corrected chi connectivity index (χ3v) is 3.47. The molecule has 4 rings (SSSR count). The van der Waals surface area contributed by atoms with Crippen LogP contribution >= 0.6 is 0 Å². The molecule has 0 atom stereocenters. The smallest absolute Gasteiger partial charge is 0.244 e. The Kier molecular flexibility index (Phi) is 3.85. The Morgan fingerprint density at radius 1 is 1.04 bits per heavy atom. The molecule has 0 aliphatic carbocycles. The highest BCUT2D eigenvalue weighted by atomic mass is 16.7. The first-order chi connectivity index (χ1) is 11.9. The van der Waals surface area contributed by atoms with Gasteiger partial charge in [-0.2, -0.15) is 10.1 Å². The van der Waals surface area contributed by atoms with Crippen LogP contribution < -0.4 is 20.1 Å². The molecular weight excluding hydrogens is 310 g/mol. The summed E-state index contributed by atoms with van der Waals surface area (Å²) in [4.78, 5) is 4.37. The summed E-state index contributed by atoms with van der Waals surface area (Å²) in [6.45, 7) is 1.36. The minimum absolute atomic E-state index is 0.266. The topological polar surface area (TPSA) is 94.3 Å². The van der Waals surface area contributed by atoms with Crippen LogP contribution in [0.15, 0.2) is 47.2 Å². The number of rotatable bonds is 6. The number of anilines is 2. The lowest BCUT2D eigenvalue weighted by atomic mass is 10.2. The van der Waals surface area contributed by atoms with Gasteiger partial charge in [0.25, 0.3) is 0 Å². The summed E-state index contributed by atoms with van der Waals surface area (Å²) in [6.07, 6.45) is 3.20. The molecule has 0 radical (unpaired) electrons. The maximum absolute atomic E-state index is 5.37. The second-order valence-electron chi connectivity index (χ2n) is 5.14. The van der Waals surface area contributed by atoms with Crippen LogP contribution in [0.2, 0.25) is 0 Å². The van der Waals surface area contributed by atoms with Gasteiger partial charge in [-0.15, -0.1) is 5.10 Å². The molecule has 8 nitrogen and oxygen atoms in total. The molecule has 0 saturated heterocycles. The number of nitrogens with one attached hydrogen (secondary N) is 2. The zero-order valence-corrected chi connectivity index (χ0v) is 12.7. The zero-order valence-electron chi connectivity index (χ0n) is 12.7. The van der Waals surface area contributed by atoms with Crippen molar-refractivity contribution in [2.75, 3.05) is 17.4 Å². The zero-order chi connectivity index (χ0) is 16.2. The van der Waals surface area contributed by atoms with Gasteiger partial charge in [0, 0.05) is 6.54 Å². The van der Waals surface area contributed by atoms with E-state index in [0.717, 1.165) is 22.8 Å². The fourth-order valence-electron chi connectivity index (χ4n) is 2.29. The molecule has 1 aliphatic rings. The van der Waals surface area contributed by atoms with E-state index < -0.39 is 0 Å². The Hall–Kier alpha value is -3.29. The molecule has 0 unspecified atom stereocenters. The predicted molar refractivity (Wildman–Crippen MR) is 85.8 cm³/mol. The van der Waals surface area contributed by atoms with Gasteiger partial charge in [0.05, 0.1) is 19.0 Å². The molecule has 0 amide bonds. The highest BCUT2D eigenvalue weighted by Crippen LogP contribution is 2.32. The second-order valence-corrected chi connectivity index (χ2v) is 5.14. The fourth-order valence-corrected chi connectivity index (χ4v) is 2.29. The number of hydrogen-bond donors (Lipinski definition) is 2. The molecule has 1 aromatic carbocycles. The number of nitrogens with zero attached hydrogens (tertiary/aromatic N) is 3. The van der Waals surface area contributed by atoms with E-state index in [0.29, 0.717) is 24.9 Å². The van der Waals surface area contributed by atoms with Gasteiger partial charge in [-0.1, -0.05) is 6.07 Å². The van der Waals surface area contributed by atoms with Crippen LogP contribution in [0.1, 0.15) is 11.3 Å². The van der Waals surface area contributed by atoms with Crippen LogP contribution in [-0.2, 0) is 13.1 Å². The monoisotopic (exact) mass is 325 g/mol. The summed E-state index contributed by atoms with van der Waals surface area (Å²) in [6, 6.07) is 9.52. The summed E-state index contributed by atoms with van der Waals surface area (Å²) >= 11 is 0. The van der Waals surface area contributed by atoms with Crippen molar-refractivity contribution < 1.29 is 13.9 Å². The van der Waals surface area contributed by atoms with Crippen molar-refractivity contribution in [3.05, 3.63) is 54.1 Å². The molecule has 3 aromatic rings. The van der Waals surface area contributed by atoms with Gasteiger partial charge in [0.2, 0.25) is 12.7 Å². The number of benzene rings is 1. The van der Waals surface area contributed by atoms with E-state index in [9.17, 15) is 0 Å². The van der Waals surface area contributed by atoms with Gasteiger partial charge in [0.15, 0.2) is 17.3 Å². The number of aromatic nitrogens is 3.